The Bertz CT molecular complexity index is 1150. The van der Waals surface area contributed by atoms with Crippen LogP contribution in [-0.4, -0.2) is 26.9 Å². The minimum absolute atomic E-state index is 0.00893. The first-order chi connectivity index (χ1) is 13.6. The van der Waals surface area contributed by atoms with E-state index in [9.17, 15) is 13.2 Å². The molecule has 7 nitrogen and oxygen atoms in total. The molecule has 13 heteroatoms. The van der Waals surface area contributed by atoms with Gasteiger partial charge in [0.15, 0.2) is 11.4 Å². The molecule has 0 unspecified atom stereocenters. The van der Waals surface area contributed by atoms with Crippen LogP contribution in [0.5, 0.6) is 5.88 Å². The minimum atomic E-state index is -4.65. The van der Waals surface area contributed by atoms with Crippen LogP contribution >= 0.6 is 34.8 Å². The maximum absolute atomic E-state index is 13.0. The molecule has 0 atom stereocenters. The molecule has 1 aromatic carbocycles. The van der Waals surface area contributed by atoms with Crippen molar-refractivity contribution in [1.29, 1.82) is 10.5 Å². The molecule has 0 bridgehead atoms. The van der Waals surface area contributed by atoms with Gasteiger partial charge in [0.1, 0.15) is 34.4 Å². The molecular weight excluding hydrogens is 456 g/mol. The Kier molecular flexibility index (Phi) is 5.37. The van der Waals surface area contributed by atoms with Crippen LogP contribution in [0.4, 0.5) is 13.2 Å². The molecular formula is C16H6Cl3F3N6O. The average Bonchev–Trinajstić information content (AvgIpc) is 3.20. The van der Waals surface area contributed by atoms with Crippen LogP contribution in [0, 0.1) is 22.7 Å². The van der Waals surface area contributed by atoms with E-state index in [2.05, 4.69) is 15.1 Å². The van der Waals surface area contributed by atoms with Crippen molar-refractivity contribution in [2.45, 2.75) is 6.18 Å². The Labute approximate surface area is 175 Å². The number of nitrogens with one attached hydrogen (secondary N) is 1. The highest BCUT2D eigenvalue weighted by Crippen LogP contribution is 2.42. The van der Waals surface area contributed by atoms with Crippen molar-refractivity contribution in [1.82, 2.24) is 19.7 Å². The van der Waals surface area contributed by atoms with Crippen LogP contribution in [0.1, 0.15) is 17.0 Å². The zero-order valence-corrected chi connectivity index (χ0v) is 16.3. The number of methoxy groups -OCH3 is 1. The van der Waals surface area contributed by atoms with Gasteiger partial charge in [-0.2, -0.15) is 23.7 Å². The number of nitriles is 2. The number of benzene rings is 1. The Morgan fingerprint density at radius 2 is 1.76 bits per heavy atom. The highest BCUT2D eigenvalue weighted by atomic mass is 35.5. The molecule has 0 saturated carbocycles. The van der Waals surface area contributed by atoms with Crippen LogP contribution in [0.25, 0.3) is 17.1 Å². The fraction of sp³-hybridized carbons (Fsp3) is 0.125. The lowest BCUT2D eigenvalue weighted by Gasteiger charge is -2.12. The van der Waals surface area contributed by atoms with Gasteiger partial charge in [0.05, 0.1) is 22.7 Å². The molecule has 0 amide bonds. The molecule has 3 aromatic rings. The van der Waals surface area contributed by atoms with Gasteiger partial charge in [-0.1, -0.05) is 34.8 Å². The Hall–Kier alpha value is -2.92. The van der Waals surface area contributed by atoms with Gasteiger partial charge in [0, 0.05) is 0 Å². The quantitative estimate of drug-likeness (QED) is 0.591. The van der Waals surface area contributed by atoms with Gasteiger partial charge >= 0.3 is 6.18 Å². The summed E-state index contributed by atoms with van der Waals surface area (Å²) in [6, 6.07) is 4.88. The zero-order valence-electron chi connectivity index (χ0n) is 14.1. The van der Waals surface area contributed by atoms with E-state index in [1.54, 1.807) is 12.1 Å². The largest absolute Gasteiger partial charge is 0.479 e. The third kappa shape index (κ3) is 3.58. The predicted octanol–water partition coefficient (Wildman–Crippen LogP) is 4.99. The van der Waals surface area contributed by atoms with Gasteiger partial charge in [-0.25, -0.2) is 9.67 Å². The van der Waals surface area contributed by atoms with Gasteiger partial charge in [-0.15, -0.1) is 5.10 Å². The first-order valence-electron chi connectivity index (χ1n) is 7.42. The number of alkyl halides is 3. The predicted molar refractivity (Wildman–Crippen MR) is 97.2 cm³/mol. The van der Waals surface area contributed by atoms with E-state index in [-0.39, 0.29) is 49.5 Å². The van der Waals surface area contributed by atoms with Gasteiger partial charge in [-0.3, -0.25) is 0 Å². The number of aromatic amines is 1. The number of halogens is 6. The topological polar surface area (TPSA) is 103 Å². The number of imidazole rings is 1. The van der Waals surface area contributed by atoms with E-state index < -0.39 is 11.7 Å². The molecule has 29 heavy (non-hydrogen) atoms. The van der Waals surface area contributed by atoms with Gasteiger partial charge < -0.3 is 9.72 Å². The monoisotopic (exact) mass is 460 g/mol. The molecule has 0 aliphatic heterocycles. The van der Waals surface area contributed by atoms with Crippen molar-refractivity contribution < 1.29 is 17.9 Å². The highest BCUT2D eigenvalue weighted by molar-refractivity contribution is 6.38. The molecule has 148 valence electrons. The smallest absolute Gasteiger partial charge is 0.416 e. The van der Waals surface area contributed by atoms with Crippen molar-refractivity contribution in [2.75, 3.05) is 7.11 Å². The summed E-state index contributed by atoms with van der Waals surface area (Å²) in [6.45, 7) is 0. The summed E-state index contributed by atoms with van der Waals surface area (Å²) in [5.41, 5.74) is -1.41. The second-order valence-electron chi connectivity index (χ2n) is 5.41. The average molecular weight is 462 g/mol. The lowest BCUT2D eigenvalue weighted by molar-refractivity contribution is -0.137. The molecule has 0 saturated heterocycles. The third-order valence-electron chi connectivity index (χ3n) is 3.70. The lowest BCUT2D eigenvalue weighted by atomic mass is 10.2. The molecule has 0 aliphatic rings. The summed E-state index contributed by atoms with van der Waals surface area (Å²) < 4.78 is 45.0. The number of rotatable bonds is 3. The molecule has 3 rings (SSSR count). The van der Waals surface area contributed by atoms with Crippen LogP contribution in [0.2, 0.25) is 15.2 Å². The zero-order chi connectivity index (χ0) is 21.5. The number of ether oxygens (including phenoxy) is 1. The van der Waals surface area contributed by atoms with E-state index in [0.29, 0.717) is 12.1 Å². The Balaban J connectivity index is 2.24. The first-order valence-corrected chi connectivity index (χ1v) is 8.55. The standard InChI is InChI=1S/C16H6Cl3F3N6O/c1-29-15-11(14-25-9(4-23)10(5-24)26-14)13(19)28(27-15)12-7(17)2-6(3-8(12)18)16(20,21)22/h2-3H,1H3,(H,25,26). The summed E-state index contributed by atoms with van der Waals surface area (Å²) >= 11 is 18.4. The number of aromatic nitrogens is 4. The normalized spacial score (nSPS) is 11.2. The number of nitrogens with zero attached hydrogens (tertiary/aromatic N) is 5. The SMILES string of the molecule is COc1nn(-c2c(Cl)cc(C(F)(F)F)cc2Cl)c(Cl)c1-c1nc(C#N)c(C#N)[nH]1. The Morgan fingerprint density at radius 3 is 2.21 bits per heavy atom. The summed E-state index contributed by atoms with van der Waals surface area (Å²) in [5, 5.41) is 21.3. The van der Waals surface area contributed by atoms with Crippen molar-refractivity contribution in [3.63, 3.8) is 0 Å². The van der Waals surface area contributed by atoms with Gasteiger partial charge in [-0.05, 0) is 12.1 Å². The molecule has 0 radical (unpaired) electrons. The van der Waals surface area contributed by atoms with Crippen LogP contribution < -0.4 is 4.74 Å². The highest BCUT2D eigenvalue weighted by Gasteiger charge is 2.33. The fourth-order valence-corrected chi connectivity index (χ4v) is 3.39. The number of hydrogen-bond acceptors (Lipinski definition) is 5. The summed E-state index contributed by atoms with van der Waals surface area (Å²) in [5.74, 6) is -0.102. The maximum atomic E-state index is 13.0. The van der Waals surface area contributed by atoms with E-state index in [1.165, 1.54) is 7.11 Å². The second kappa shape index (κ2) is 7.48. The van der Waals surface area contributed by atoms with Crippen LogP contribution in [0.15, 0.2) is 12.1 Å². The van der Waals surface area contributed by atoms with Gasteiger partial charge in [0.2, 0.25) is 5.88 Å². The first kappa shape index (κ1) is 20.8. The van der Waals surface area contributed by atoms with Gasteiger partial charge in [0.25, 0.3) is 0 Å². The van der Waals surface area contributed by atoms with E-state index in [1.807, 2.05) is 0 Å². The summed E-state index contributed by atoms with van der Waals surface area (Å²) in [6.07, 6.45) is -4.65. The molecule has 2 heterocycles. The number of hydrogen-bond donors (Lipinski definition) is 1. The fourth-order valence-electron chi connectivity index (χ4n) is 2.45. The summed E-state index contributed by atoms with van der Waals surface area (Å²) in [7, 11) is 1.27. The van der Waals surface area contributed by atoms with Crippen molar-refractivity contribution >= 4 is 34.8 Å². The molecule has 2 aromatic heterocycles. The third-order valence-corrected chi connectivity index (χ3v) is 4.63. The van der Waals surface area contributed by atoms with Crippen LogP contribution in [-0.2, 0) is 6.18 Å². The second-order valence-corrected chi connectivity index (χ2v) is 6.58. The van der Waals surface area contributed by atoms with E-state index in [4.69, 9.17) is 50.1 Å². The summed E-state index contributed by atoms with van der Waals surface area (Å²) in [4.78, 5) is 6.58. The molecule has 1 N–H and O–H groups in total. The van der Waals surface area contributed by atoms with Crippen molar-refractivity contribution in [2.24, 2.45) is 0 Å². The van der Waals surface area contributed by atoms with Crippen molar-refractivity contribution in [3.8, 4) is 35.1 Å². The lowest BCUT2D eigenvalue weighted by Crippen LogP contribution is -2.07. The van der Waals surface area contributed by atoms with Crippen LogP contribution in [0.3, 0.4) is 0 Å². The molecule has 0 fully saturated rings. The number of H-pyrrole nitrogens is 1. The van der Waals surface area contributed by atoms with E-state index in [0.717, 1.165) is 4.68 Å². The molecule has 0 aliphatic carbocycles. The Morgan fingerprint density at radius 1 is 1.14 bits per heavy atom. The van der Waals surface area contributed by atoms with E-state index >= 15 is 0 Å². The maximum Gasteiger partial charge on any atom is 0.416 e. The van der Waals surface area contributed by atoms with Crippen molar-refractivity contribution in [3.05, 3.63) is 44.3 Å². The molecule has 0 spiro atoms. The minimum Gasteiger partial charge on any atom is -0.479 e.